The average molecular weight is 389 g/mol. The highest BCUT2D eigenvalue weighted by atomic mass is 35.5. The van der Waals surface area contributed by atoms with Gasteiger partial charge in [0.2, 0.25) is 0 Å². The van der Waals surface area contributed by atoms with Gasteiger partial charge in [-0.3, -0.25) is 14.4 Å². The summed E-state index contributed by atoms with van der Waals surface area (Å²) < 4.78 is 0. The monoisotopic (exact) mass is 388 g/mol. The molecule has 0 atom stereocenters. The van der Waals surface area contributed by atoms with Crippen LogP contribution in [0.2, 0.25) is 5.02 Å². The summed E-state index contributed by atoms with van der Waals surface area (Å²) in [6.07, 6.45) is 0. The summed E-state index contributed by atoms with van der Waals surface area (Å²) in [6.45, 7) is 5.25. The van der Waals surface area contributed by atoms with Gasteiger partial charge in [0.1, 0.15) is 0 Å². The number of carbonyl (C=O) groups is 3. The quantitative estimate of drug-likeness (QED) is 0.685. The van der Waals surface area contributed by atoms with Crippen molar-refractivity contribution in [3.05, 3.63) is 64.2 Å². The van der Waals surface area contributed by atoms with Gasteiger partial charge < -0.3 is 15.7 Å². The first-order chi connectivity index (χ1) is 12.6. The second-order valence-electron chi connectivity index (χ2n) is 6.72. The molecule has 142 valence electrons. The fourth-order valence-electron chi connectivity index (χ4n) is 2.37. The van der Waals surface area contributed by atoms with Crippen LogP contribution in [-0.2, 0) is 26.3 Å². The Balaban J connectivity index is 1.97. The van der Waals surface area contributed by atoms with E-state index in [0.29, 0.717) is 16.3 Å². The number of carboxylic acid groups (broad SMARTS) is 1. The molecule has 6 nitrogen and oxygen atoms in total. The first kappa shape index (κ1) is 20.5. The predicted molar refractivity (Wildman–Crippen MR) is 104 cm³/mol. The number of hydrogen-bond donors (Lipinski definition) is 3. The van der Waals surface area contributed by atoms with Gasteiger partial charge in [0.05, 0.1) is 5.41 Å². The Morgan fingerprint density at radius 3 is 2.26 bits per heavy atom. The number of anilines is 1. The van der Waals surface area contributed by atoms with Gasteiger partial charge in [-0.25, -0.2) is 0 Å². The Kier molecular flexibility index (Phi) is 6.23. The molecule has 0 aliphatic rings. The highest BCUT2D eigenvalue weighted by Gasteiger charge is 2.29. The molecule has 0 bridgehead atoms. The van der Waals surface area contributed by atoms with E-state index in [1.165, 1.54) is 0 Å². The van der Waals surface area contributed by atoms with E-state index in [0.717, 1.165) is 11.1 Å². The minimum atomic E-state index is -1.05. The minimum absolute atomic E-state index is 0.185. The highest BCUT2D eigenvalue weighted by molar-refractivity contribution is 6.39. The van der Waals surface area contributed by atoms with Crippen LogP contribution in [0, 0.1) is 6.92 Å². The Morgan fingerprint density at radius 2 is 1.67 bits per heavy atom. The van der Waals surface area contributed by atoms with Crippen molar-refractivity contribution in [1.82, 2.24) is 5.32 Å². The van der Waals surface area contributed by atoms with E-state index in [1.807, 2.05) is 13.0 Å². The second kappa shape index (κ2) is 8.22. The molecule has 0 fully saturated rings. The van der Waals surface area contributed by atoms with Gasteiger partial charge >= 0.3 is 17.8 Å². The zero-order chi connectivity index (χ0) is 20.2. The van der Waals surface area contributed by atoms with Crippen LogP contribution in [0.3, 0.4) is 0 Å². The third-order valence-corrected chi connectivity index (χ3v) is 4.59. The Labute approximate surface area is 162 Å². The van der Waals surface area contributed by atoms with Gasteiger partial charge in [-0.15, -0.1) is 0 Å². The van der Waals surface area contributed by atoms with Crippen LogP contribution in [0.1, 0.15) is 30.5 Å². The number of carboxylic acids is 1. The molecule has 0 saturated carbocycles. The maximum Gasteiger partial charge on any atom is 0.313 e. The maximum absolute atomic E-state index is 12.0. The maximum atomic E-state index is 12.0. The van der Waals surface area contributed by atoms with Crippen LogP contribution in [0.15, 0.2) is 42.5 Å². The molecule has 0 saturated heterocycles. The van der Waals surface area contributed by atoms with Crippen molar-refractivity contribution >= 4 is 35.1 Å². The lowest BCUT2D eigenvalue weighted by molar-refractivity contribution is -0.142. The van der Waals surface area contributed by atoms with E-state index in [2.05, 4.69) is 10.6 Å². The summed E-state index contributed by atoms with van der Waals surface area (Å²) in [5.74, 6) is -2.53. The number of hydrogen-bond acceptors (Lipinski definition) is 3. The second-order valence-corrected chi connectivity index (χ2v) is 7.15. The lowest BCUT2D eigenvalue weighted by Crippen LogP contribution is -2.35. The van der Waals surface area contributed by atoms with Gasteiger partial charge in [-0.1, -0.05) is 29.8 Å². The summed E-state index contributed by atoms with van der Waals surface area (Å²) in [6, 6.07) is 11.7. The van der Waals surface area contributed by atoms with Crippen molar-refractivity contribution in [3.8, 4) is 0 Å². The summed E-state index contributed by atoms with van der Waals surface area (Å²) in [5, 5.41) is 14.8. The van der Waals surface area contributed by atoms with Crippen LogP contribution < -0.4 is 10.6 Å². The zero-order valence-corrected chi connectivity index (χ0v) is 16.1. The summed E-state index contributed by atoms with van der Waals surface area (Å²) in [5.41, 5.74) is 1.72. The number of aliphatic carboxylic acids is 1. The number of carbonyl (C=O) groups excluding carboxylic acids is 2. The van der Waals surface area contributed by atoms with E-state index in [-0.39, 0.29) is 6.54 Å². The molecule has 2 amide bonds. The van der Waals surface area contributed by atoms with Gasteiger partial charge in [0.25, 0.3) is 0 Å². The molecule has 2 aromatic carbocycles. The molecule has 0 radical (unpaired) electrons. The van der Waals surface area contributed by atoms with Crippen molar-refractivity contribution in [2.24, 2.45) is 0 Å². The van der Waals surface area contributed by atoms with E-state index in [4.69, 9.17) is 11.6 Å². The molecule has 0 aliphatic heterocycles. The Bertz CT molecular complexity index is 876. The van der Waals surface area contributed by atoms with E-state index in [1.54, 1.807) is 50.2 Å². The average Bonchev–Trinajstić information content (AvgIpc) is 2.62. The van der Waals surface area contributed by atoms with E-state index < -0.39 is 23.2 Å². The molecule has 0 unspecified atom stereocenters. The van der Waals surface area contributed by atoms with Crippen molar-refractivity contribution in [2.45, 2.75) is 32.7 Å². The molecule has 0 aliphatic carbocycles. The van der Waals surface area contributed by atoms with Crippen LogP contribution in [0.5, 0.6) is 0 Å². The topological polar surface area (TPSA) is 95.5 Å². The van der Waals surface area contributed by atoms with Crippen LogP contribution in [-0.4, -0.2) is 22.9 Å². The fraction of sp³-hybridized carbons (Fsp3) is 0.250. The van der Waals surface area contributed by atoms with Gasteiger partial charge in [0.15, 0.2) is 0 Å². The van der Waals surface area contributed by atoms with Crippen LogP contribution in [0.4, 0.5) is 5.69 Å². The lowest BCUT2D eigenvalue weighted by atomic mass is 9.85. The molecule has 0 spiro atoms. The van der Waals surface area contributed by atoms with Crippen molar-refractivity contribution in [2.75, 3.05) is 5.32 Å². The Hall–Kier alpha value is -2.86. The summed E-state index contributed by atoms with van der Waals surface area (Å²) in [4.78, 5) is 35.3. The molecular formula is C20H21ClN2O4. The molecule has 0 aromatic heterocycles. The first-order valence-corrected chi connectivity index (χ1v) is 8.67. The minimum Gasteiger partial charge on any atom is -0.481 e. The standard InChI is InChI=1S/C20H21ClN2O4/c1-12-4-7-15(21)10-13(12)11-22-17(24)18(25)23-16-8-5-14(6-9-16)20(2,3)19(26)27/h4-10H,11H2,1-3H3,(H,22,24)(H,23,25)(H,26,27). The molecule has 2 rings (SSSR count). The third-order valence-electron chi connectivity index (χ3n) is 4.36. The lowest BCUT2D eigenvalue weighted by Gasteiger charge is -2.19. The third kappa shape index (κ3) is 5.08. The molecule has 2 aromatic rings. The molecular weight excluding hydrogens is 368 g/mol. The predicted octanol–water partition coefficient (Wildman–Crippen LogP) is 3.27. The van der Waals surface area contributed by atoms with Crippen molar-refractivity contribution in [3.63, 3.8) is 0 Å². The normalized spacial score (nSPS) is 11.0. The highest BCUT2D eigenvalue weighted by Crippen LogP contribution is 2.24. The zero-order valence-electron chi connectivity index (χ0n) is 15.3. The van der Waals surface area contributed by atoms with Crippen molar-refractivity contribution < 1.29 is 19.5 Å². The van der Waals surface area contributed by atoms with Gasteiger partial charge in [-0.2, -0.15) is 0 Å². The molecule has 7 heteroatoms. The van der Waals surface area contributed by atoms with Crippen LogP contribution in [0.25, 0.3) is 0 Å². The SMILES string of the molecule is Cc1ccc(Cl)cc1CNC(=O)C(=O)Nc1ccc(C(C)(C)C(=O)O)cc1. The number of rotatable bonds is 5. The van der Waals surface area contributed by atoms with Crippen molar-refractivity contribution in [1.29, 1.82) is 0 Å². The number of halogens is 1. The number of aryl methyl sites for hydroxylation is 1. The Morgan fingerprint density at radius 1 is 1.04 bits per heavy atom. The molecule has 0 heterocycles. The number of amides is 2. The van der Waals surface area contributed by atoms with Gasteiger partial charge in [0, 0.05) is 17.3 Å². The van der Waals surface area contributed by atoms with E-state index >= 15 is 0 Å². The molecule has 27 heavy (non-hydrogen) atoms. The fourth-order valence-corrected chi connectivity index (χ4v) is 2.56. The van der Waals surface area contributed by atoms with Gasteiger partial charge in [-0.05, 0) is 61.7 Å². The summed E-state index contributed by atoms with van der Waals surface area (Å²) in [7, 11) is 0. The molecule has 3 N–H and O–H groups in total. The number of nitrogens with one attached hydrogen (secondary N) is 2. The number of benzene rings is 2. The smallest absolute Gasteiger partial charge is 0.313 e. The largest absolute Gasteiger partial charge is 0.481 e. The first-order valence-electron chi connectivity index (χ1n) is 8.29. The van der Waals surface area contributed by atoms with E-state index in [9.17, 15) is 19.5 Å². The van der Waals surface area contributed by atoms with Crippen LogP contribution >= 0.6 is 11.6 Å². The summed E-state index contributed by atoms with van der Waals surface area (Å²) >= 11 is 5.94.